The number of carbonyl (C=O) groups excluding carboxylic acids is 2. The summed E-state index contributed by atoms with van der Waals surface area (Å²) in [5.41, 5.74) is 0.868. The van der Waals surface area contributed by atoms with E-state index < -0.39 is 23.4 Å². The molecular weight excluding hydrogens is 442 g/mol. The van der Waals surface area contributed by atoms with Crippen LogP contribution in [0.3, 0.4) is 0 Å². The van der Waals surface area contributed by atoms with Gasteiger partial charge in [-0.25, -0.2) is 13.7 Å². The third-order valence-corrected chi connectivity index (χ3v) is 5.12. The van der Waals surface area contributed by atoms with Gasteiger partial charge in [0, 0.05) is 17.3 Å². The normalized spacial score (nSPS) is 13.6. The van der Waals surface area contributed by atoms with Crippen LogP contribution in [0.1, 0.15) is 19.4 Å². The number of carbonyl (C=O) groups is 2. The molecule has 0 fully saturated rings. The molecular formula is C26H22F2N2O4. The van der Waals surface area contributed by atoms with Gasteiger partial charge in [-0.1, -0.05) is 18.2 Å². The minimum absolute atomic E-state index is 0.00244. The van der Waals surface area contributed by atoms with Gasteiger partial charge < -0.3 is 14.8 Å². The van der Waals surface area contributed by atoms with Crippen molar-refractivity contribution in [2.24, 2.45) is 0 Å². The average molecular weight is 464 g/mol. The van der Waals surface area contributed by atoms with Crippen LogP contribution in [0.15, 0.2) is 72.4 Å². The molecule has 34 heavy (non-hydrogen) atoms. The zero-order valence-electron chi connectivity index (χ0n) is 18.8. The van der Waals surface area contributed by atoms with Gasteiger partial charge in [-0.15, -0.1) is 0 Å². The zero-order valence-corrected chi connectivity index (χ0v) is 18.8. The molecule has 8 heteroatoms. The maximum atomic E-state index is 13.9. The summed E-state index contributed by atoms with van der Waals surface area (Å²) in [4.78, 5) is 27.7. The van der Waals surface area contributed by atoms with E-state index >= 15 is 0 Å². The molecule has 1 heterocycles. The van der Waals surface area contributed by atoms with Gasteiger partial charge in [-0.05, 0) is 56.3 Å². The van der Waals surface area contributed by atoms with Crippen molar-refractivity contribution in [3.8, 4) is 11.5 Å². The second-order valence-electron chi connectivity index (χ2n) is 7.81. The number of methoxy groups -OCH3 is 1. The van der Waals surface area contributed by atoms with Crippen LogP contribution in [0.4, 0.5) is 20.2 Å². The van der Waals surface area contributed by atoms with E-state index in [-0.39, 0.29) is 23.1 Å². The largest absolute Gasteiger partial charge is 0.496 e. The van der Waals surface area contributed by atoms with Crippen molar-refractivity contribution in [1.82, 2.24) is 0 Å². The van der Waals surface area contributed by atoms with E-state index in [9.17, 15) is 18.4 Å². The van der Waals surface area contributed by atoms with Crippen LogP contribution in [0, 0.1) is 11.6 Å². The van der Waals surface area contributed by atoms with Crippen molar-refractivity contribution in [3.63, 3.8) is 0 Å². The van der Waals surface area contributed by atoms with E-state index in [2.05, 4.69) is 5.32 Å². The monoisotopic (exact) mass is 464 g/mol. The molecule has 1 aliphatic heterocycles. The predicted molar refractivity (Wildman–Crippen MR) is 125 cm³/mol. The molecule has 0 aliphatic carbocycles. The molecule has 0 unspecified atom stereocenters. The summed E-state index contributed by atoms with van der Waals surface area (Å²) in [7, 11) is 1.45. The Morgan fingerprint density at radius 2 is 1.59 bits per heavy atom. The van der Waals surface area contributed by atoms with E-state index in [1.807, 2.05) is 13.8 Å². The van der Waals surface area contributed by atoms with Crippen molar-refractivity contribution in [2.75, 3.05) is 17.3 Å². The molecule has 0 spiro atoms. The predicted octanol–water partition coefficient (Wildman–Crippen LogP) is 5.16. The van der Waals surface area contributed by atoms with Crippen molar-refractivity contribution >= 4 is 28.8 Å². The third kappa shape index (κ3) is 4.34. The van der Waals surface area contributed by atoms with Gasteiger partial charge in [-0.2, -0.15) is 0 Å². The smallest absolute Gasteiger partial charge is 0.282 e. The Morgan fingerprint density at radius 3 is 2.24 bits per heavy atom. The summed E-state index contributed by atoms with van der Waals surface area (Å²) in [6.45, 7) is 3.82. The Kier molecular flexibility index (Phi) is 6.32. The lowest BCUT2D eigenvalue weighted by Crippen LogP contribution is -2.32. The first-order valence-corrected chi connectivity index (χ1v) is 10.6. The Bertz CT molecular complexity index is 1290. The lowest BCUT2D eigenvalue weighted by molar-refractivity contribution is -0.120. The van der Waals surface area contributed by atoms with E-state index in [1.54, 1.807) is 48.5 Å². The van der Waals surface area contributed by atoms with Gasteiger partial charge in [0.05, 0.1) is 24.5 Å². The summed E-state index contributed by atoms with van der Waals surface area (Å²) < 4.78 is 38.4. The number of halogens is 2. The molecule has 6 nitrogen and oxygen atoms in total. The number of benzene rings is 3. The first-order valence-electron chi connectivity index (χ1n) is 10.6. The number of anilines is 2. The molecule has 1 N–H and O–H groups in total. The topological polar surface area (TPSA) is 67.9 Å². The van der Waals surface area contributed by atoms with Crippen LogP contribution < -0.4 is 19.7 Å². The van der Waals surface area contributed by atoms with Gasteiger partial charge in [0.1, 0.15) is 17.2 Å². The Morgan fingerprint density at radius 1 is 0.882 bits per heavy atom. The average Bonchev–Trinajstić information content (AvgIpc) is 3.05. The highest BCUT2D eigenvalue weighted by Crippen LogP contribution is 2.37. The molecule has 0 bridgehead atoms. The second kappa shape index (κ2) is 9.35. The highest BCUT2D eigenvalue weighted by atomic mass is 19.2. The summed E-state index contributed by atoms with van der Waals surface area (Å²) in [6.07, 6.45) is -0.00244. The van der Waals surface area contributed by atoms with Crippen LogP contribution in [0.25, 0.3) is 5.57 Å². The fourth-order valence-corrected chi connectivity index (χ4v) is 3.64. The Balaban J connectivity index is 1.79. The third-order valence-electron chi connectivity index (χ3n) is 5.12. The molecule has 0 saturated heterocycles. The fourth-order valence-electron chi connectivity index (χ4n) is 3.64. The molecule has 4 rings (SSSR count). The van der Waals surface area contributed by atoms with Crippen molar-refractivity contribution in [3.05, 3.63) is 89.6 Å². The van der Waals surface area contributed by atoms with Gasteiger partial charge in [0.2, 0.25) is 0 Å². The number of amides is 2. The number of nitrogens with one attached hydrogen (secondary N) is 1. The molecule has 0 saturated carbocycles. The van der Waals surface area contributed by atoms with E-state index in [4.69, 9.17) is 9.47 Å². The summed E-state index contributed by atoms with van der Waals surface area (Å²) in [5.74, 6) is -2.62. The van der Waals surface area contributed by atoms with Crippen LogP contribution in [-0.2, 0) is 9.59 Å². The van der Waals surface area contributed by atoms with Gasteiger partial charge >= 0.3 is 0 Å². The standard InChI is InChI=1S/C26H22F2N2O4/c1-15(2)34-18-11-8-16(9-12-18)29-24-23(19-6-4-5-7-22(19)33-3)25(31)30(26(24)32)17-10-13-20(27)21(28)14-17/h4-15,29H,1-3H3. The molecule has 1 aliphatic rings. The highest BCUT2D eigenvalue weighted by molar-refractivity contribution is 6.46. The van der Waals surface area contributed by atoms with Gasteiger partial charge in [-0.3, -0.25) is 9.59 Å². The SMILES string of the molecule is COc1ccccc1C1=C(Nc2ccc(OC(C)C)cc2)C(=O)N(c2ccc(F)c(F)c2)C1=O. The van der Waals surface area contributed by atoms with Gasteiger partial charge in [0.25, 0.3) is 11.8 Å². The van der Waals surface area contributed by atoms with Crippen LogP contribution in [-0.4, -0.2) is 25.0 Å². The second-order valence-corrected chi connectivity index (χ2v) is 7.81. The number of para-hydroxylation sites is 1. The molecule has 3 aromatic carbocycles. The first-order chi connectivity index (χ1) is 16.3. The number of imide groups is 1. The van der Waals surface area contributed by atoms with Crippen LogP contribution >= 0.6 is 0 Å². The summed E-state index contributed by atoms with van der Waals surface area (Å²) in [5, 5.41) is 3.02. The van der Waals surface area contributed by atoms with Gasteiger partial charge in [0.15, 0.2) is 11.6 Å². The molecule has 3 aromatic rings. The molecule has 0 aromatic heterocycles. The quantitative estimate of drug-likeness (QED) is 0.490. The van der Waals surface area contributed by atoms with E-state index in [1.165, 1.54) is 13.2 Å². The Hall–Kier alpha value is -4.20. The number of ether oxygens (including phenoxy) is 2. The molecule has 174 valence electrons. The fraction of sp³-hybridized carbons (Fsp3) is 0.154. The van der Waals surface area contributed by atoms with Crippen LogP contribution in [0.5, 0.6) is 11.5 Å². The first kappa shape index (κ1) is 23.0. The maximum absolute atomic E-state index is 13.9. The van der Waals surface area contributed by atoms with E-state index in [0.29, 0.717) is 22.7 Å². The minimum atomic E-state index is -1.17. The highest BCUT2D eigenvalue weighted by Gasteiger charge is 2.41. The Labute approximate surface area is 195 Å². The molecule has 0 atom stereocenters. The van der Waals surface area contributed by atoms with Crippen molar-refractivity contribution < 1.29 is 27.8 Å². The molecule has 2 amide bonds. The number of hydrogen-bond acceptors (Lipinski definition) is 5. The van der Waals surface area contributed by atoms with E-state index in [0.717, 1.165) is 17.0 Å². The zero-order chi connectivity index (χ0) is 24.4. The lowest BCUT2D eigenvalue weighted by Gasteiger charge is -2.16. The maximum Gasteiger partial charge on any atom is 0.282 e. The summed E-state index contributed by atoms with van der Waals surface area (Å²) >= 11 is 0. The van der Waals surface area contributed by atoms with Crippen molar-refractivity contribution in [2.45, 2.75) is 20.0 Å². The minimum Gasteiger partial charge on any atom is -0.496 e. The number of hydrogen-bond donors (Lipinski definition) is 1. The number of rotatable bonds is 7. The summed E-state index contributed by atoms with van der Waals surface area (Å²) in [6, 6.07) is 16.5. The number of nitrogens with zero attached hydrogens (tertiary/aromatic N) is 1. The van der Waals surface area contributed by atoms with Crippen LogP contribution in [0.2, 0.25) is 0 Å². The van der Waals surface area contributed by atoms with Crippen molar-refractivity contribution in [1.29, 1.82) is 0 Å². The lowest BCUT2D eigenvalue weighted by atomic mass is 10.0. The molecule has 0 radical (unpaired) electrons.